The Morgan fingerprint density at radius 1 is 1.18 bits per heavy atom. The lowest BCUT2D eigenvalue weighted by atomic mass is 9.95. The Balaban J connectivity index is 1.47. The van der Waals surface area contributed by atoms with E-state index in [9.17, 15) is 18.8 Å². The Labute approximate surface area is 221 Å². The minimum absolute atomic E-state index is 0.0373. The highest BCUT2D eigenvalue weighted by molar-refractivity contribution is 6.03. The van der Waals surface area contributed by atoms with Crippen LogP contribution in [0.5, 0.6) is 0 Å². The summed E-state index contributed by atoms with van der Waals surface area (Å²) >= 11 is 0. The maximum Gasteiger partial charge on any atom is 0.322 e. The zero-order valence-electron chi connectivity index (χ0n) is 21.1. The van der Waals surface area contributed by atoms with Crippen molar-refractivity contribution in [2.45, 2.75) is 37.5 Å². The highest BCUT2D eigenvalue weighted by Crippen LogP contribution is 2.37. The van der Waals surface area contributed by atoms with Crippen molar-refractivity contribution < 1.29 is 23.5 Å². The Hall–Kier alpha value is -3.98. The maximum absolute atomic E-state index is 14.0. The van der Waals surface area contributed by atoms with Crippen molar-refractivity contribution in [2.75, 3.05) is 26.2 Å². The molecule has 0 spiro atoms. The van der Waals surface area contributed by atoms with E-state index in [4.69, 9.17) is 4.74 Å². The molecule has 2 aromatic carbocycles. The van der Waals surface area contributed by atoms with Crippen molar-refractivity contribution in [2.24, 2.45) is 0 Å². The molecule has 3 heterocycles. The van der Waals surface area contributed by atoms with Crippen molar-refractivity contribution in [1.82, 2.24) is 20.4 Å². The fraction of sp³-hybridized carbons (Fsp3) is 0.345. The number of carbonyl (C=O) groups excluding carboxylic acids is 3. The molecule has 5 rings (SSSR count). The van der Waals surface area contributed by atoms with Gasteiger partial charge in [-0.1, -0.05) is 48.5 Å². The van der Waals surface area contributed by atoms with Gasteiger partial charge in [0.2, 0.25) is 5.91 Å². The first-order valence-corrected chi connectivity index (χ1v) is 12.9. The predicted molar refractivity (Wildman–Crippen MR) is 139 cm³/mol. The van der Waals surface area contributed by atoms with E-state index in [1.165, 1.54) is 21.9 Å². The van der Waals surface area contributed by atoms with Crippen LogP contribution in [0.25, 0.3) is 0 Å². The van der Waals surface area contributed by atoms with Crippen LogP contribution < -0.4 is 10.6 Å². The summed E-state index contributed by atoms with van der Waals surface area (Å²) in [5.74, 6) is -1.02. The van der Waals surface area contributed by atoms with Gasteiger partial charge in [0, 0.05) is 26.1 Å². The summed E-state index contributed by atoms with van der Waals surface area (Å²) in [4.78, 5) is 43.7. The van der Waals surface area contributed by atoms with Gasteiger partial charge in [0.05, 0.1) is 30.0 Å². The van der Waals surface area contributed by atoms with Crippen molar-refractivity contribution >= 4 is 17.8 Å². The largest absolute Gasteiger partial charge is 0.376 e. The quantitative estimate of drug-likeness (QED) is 0.500. The molecule has 0 radical (unpaired) electrons. The Bertz CT molecular complexity index is 1240. The van der Waals surface area contributed by atoms with Gasteiger partial charge in [-0.15, -0.1) is 6.58 Å². The molecular formula is C29H31FN4O4. The van der Waals surface area contributed by atoms with Crippen molar-refractivity contribution in [3.63, 3.8) is 0 Å². The Morgan fingerprint density at radius 3 is 2.63 bits per heavy atom. The number of rotatable bonds is 9. The molecule has 0 saturated carbocycles. The summed E-state index contributed by atoms with van der Waals surface area (Å²) in [7, 11) is 0. The summed E-state index contributed by atoms with van der Waals surface area (Å²) in [5, 5.41) is 5.87. The standard InChI is InChI=1S/C29H31FN4O4/c1-2-14-33-24-18-34(28(36)25(24)26(32-29(33)37)20-10-12-21(30)13-11-20)23(16-19-7-4-3-5-8-19)27(35)31-17-22-9-6-15-38-22/h2-5,7-8,10-13,22-23,26H,1,6,9,14-18H2,(H,31,35)(H,32,37)/t22-,23+,26-/m1/s1. The van der Waals surface area contributed by atoms with Gasteiger partial charge in [-0.3, -0.25) is 14.5 Å². The van der Waals surface area contributed by atoms with Gasteiger partial charge in [0.25, 0.3) is 5.91 Å². The average molecular weight is 519 g/mol. The van der Waals surface area contributed by atoms with Gasteiger partial charge in [0.1, 0.15) is 11.9 Å². The van der Waals surface area contributed by atoms with Gasteiger partial charge < -0.3 is 20.3 Å². The molecule has 1 fully saturated rings. The van der Waals surface area contributed by atoms with E-state index in [1.54, 1.807) is 18.2 Å². The third kappa shape index (κ3) is 5.19. The molecule has 9 heteroatoms. The number of nitrogens with zero attached hydrogens (tertiary/aromatic N) is 2. The zero-order chi connectivity index (χ0) is 26.6. The van der Waals surface area contributed by atoms with E-state index in [0.29, 0.717) is 36.4 Å². The third-order valence-electron chi connectivity index (χ3n) is 7.24. The molecule has 3 aliphatic rings. The highest BCUT2D eigenvalue weighted by atomic mass is 19.1. The number of benzene rings is 2. The normalized spacial score (nSPS) is 21.8. The SMILES string of the molecule is C=CCN1C(=O)N[C@H](c2ccc(F)cc2)C2=C1CN([C@@H](Cc1ccccc1)C(=O)NC[C@H]1CCCO1)C2=O. The van der Waals surface area contributed by atoms with E-state index >= 15 is 0 Å². The predicted octanol–water partition coefficient (Wildman–Crippen LogP) is 3.08. The number of carbonyl (C=O) groups is 3. The lowest BCUT2D eigenvalue weighted by Gasteiger charge is -2.33. The minimum atomic E-state index is -0.800. The fourth-order valence-electron chi connectivity index (χ4n) is 5.31. The smallest absolute Gasteiger partial charge is 0.322 e. The zero-order valence-corrected chi connectivity index (χ0v) is 21.1. The molecular weight excluding hydrogens is 487 g/mol. The van der Waals surface area contributed by atoms with Crippen molar-refractivity contribution in [3.05, 3.63) is 95.5 Å². The lowest BCUT2D eigenvalue weighted by molar-refractivity contribution is -0.136. The lowest BCUT2D eigenvalue weighted by Crippen LogP contribution is -2.51. The Kier molecular flexibility index (Phi) is 7.55. The van der Waals surface area contributed by atoms with Gasteiger partial charge in [0.15, 0.2) is 0 Å². The van der Waals surface area contributed by atoms with Crippen LogP contribution in [-0.4, -0.2) is 66.0 Å². The first-order chi connectivity index (χ1) is 18.5. The number of amides is 4. The van der Waals surface area contributed by atoms with E-state index in [0.717, 1.165) is 18.4 Å². The summed E-state index contributed by atoms with van der Waals surface area (Å²) in [5.41, 5.74) is 2.40. The molecule has 2 aromatic rings. The first-order valence-electron chi connectivity index (χ1n) is 12.9. The number of hydrogen-bond donors (Lipinski definition) is 2. The van der Waals surface area contributed by atoms with E-state index in [-0.39, 0.29) is 37.0 Å². The van der Waals surface area contributed by atoms with Gasteiger partial charge in [-0.05, 0) is 36.1 Å². The van der Waals surface area contributed by atoms with Crippen LogP contribution in [0.3, 0.4) is 0 Å². The summed E-state index contributed by atoms with van der Waals surface area (Å²) < 4.78 is 19.3. The molecule has 2 N–H and O–H groups in total. The molecule has 1 saturated heterocycles. The van der Waals surface area contributed by atoms with Crippen molar-refractivity contribution in [1.29, 1.82) is 0 Å². The summed E-state index contributed by atoms with van der Waals surface area (Å²) in [6.45, 7) is 5.11. The van der Waals surface area contributed by atoms with Crippen LogP contribution in [0, 0.1) is 5.82 Å². The van der Waals surface area contributed by atoms with Crippen LogP contribution in [0.15, 0.2) is 78.5 Å². The topological polar surface area (TPSA) is 91.0 Å². The molecule has 0 unspecified atom stereocenters. The maximum atomic E-state index is 14.0. The van der Waals surface area contributed by atoms with Gasteiger partial charge >= 0.3 is 6.03 Å². The van der Waals surface area contributed by atoms with Crippen LogP contribution >= 0.6 is 0 Å². The molecule has 38 heavy (non-hydrogen) atoms. The van der Waals surface area contributed by atoms with E-state index in [2.05, 4.69) is 17.2 Å². The van der Waals surface area contributed by atoms with Crippen molar-refractivity contribution in [3.8, 4) is 0 Å². The minimum Gasteiger partial charge on any atom is -0.376 e. The average Bonchev–Trinajstić information content (AvgIpc) is 3.57. The fourth-order valence-corrected chi connectivity index (χ4v) is 5.31. The highest BCUT2D eigenvalue weighted by Gasteiger charge is 2.47. The van der Waals surface area contributed by atoms with E-state index < -0.39 is 17.9 Å². The van der Waals surface area contributed by atoms with Crippen LogP contribution in [0.2, 0.25) is 0 Å². The van der Waals surface area contributed by atoms with Gasteiger partial charge in [-0.2, -0.15) is 0 Å². The molecule has 3 aliphatic heterocycles. The second-order valence-corrected chi connectivity index (χ2v) is 9.71. The monoisotopic (exact) mass is 518 g/mol. The first kappa shape index (κ1) is 25.7. The van der Waals surface area contributed by atoms with Crippen LogP contribution in [0.4, 0.5) is 9.18 Å². The second kappa shape index (κ2) is 11.2. The number of urea groups is 1. The molecule has 3 atom stereocenters. The number of nitrogens with one attached hydrogen (secondary N) is 2. The molecule has 0 aromatic heterocycles. The summed E-state index contributed by atoms with van der Waals surface area (Å²) in [6.07, 6.45) is 3.70. The van der Waals surface area contributed by atoms with Gasteiger partial charge in [-0.25, -0.2) is 9.18 Å². The number of halogens is 1. The number of hydrogen-bond acceptors (Lipinski definition) is 4. The Morgan fingerprint density at radius 2 is 1.95 bits per heavy atom. The van der Waals surface area contributed by atoms with Crippen LogP contribution in [0.1, 0.15) is 30.0 Å². The molecule has 8 nitrogen and oxygen atoms in total. The molecule has 0 aliphatic carbocycles. The van der Waals surface area contributed by atoms with Crippen LogP contribution in [-0.2, 0) is 20.7 Å². The third-order valence-corrected chi connectivity index (χ3v) is 7.24. The molecule has 4 amide bonds. The van der Waals surface area contributed by atoms with E-state index in [1.807, 2.05) is 30.3 Å². The summed E-state index contributed by atoms with van der Waals surface area (Å²) in [6, 6.07) is 13.3. The molecule has 0 bridgehead atoms. The number of ether oxygens (including phenoxy) is 1. The molecule has 198 valence electrons. The second-order valence-electron chi connectivity index (χ2n) is 9.71.